The fraction of sp³-hybridized carbons (Fsp3) is 0.440. The smallest absolute Gasteiger partial charge is 0.338 e. The lowest BCUT2D eigenvalue weighted by Gasteiger charge is -2.35. The predicted octanol–water partition coefficient (Wildman–Crippen LogP) is 2.89. The van der Waals surface area contributed by atoms with Gasteiger partial charge >= 0.3 is 11.9 Å². The van der Waals surface area contributed by atoms with Gasteiger partial charge in [0.05, 0.1) is 36.2 Å². The lowest BCUT2D eigenvalue weighted by atomic mass is 10.1. The quantitative estimate of drug-likeness (QED) is 0.308. The van der Waals surface area contributed by atoms with E-state index in [1.54, 1.807) is 25.3 Å². The van der Waals surface area contributed by atoms with Gasteiger partial charge in [0, 0.05) is 44.7 Å². The Bertz CT molecular complexity index is 974. The molecule has 0 unspecified atom stereocenters. The van der Waals surface area contributed by atoms with E-state index in [0.29, 0.717) is 30.1 Å². The number of anilines is 4. The number of nitrogens with two attached hydrogens (primary N) is 1. The number of hydrogen-bond acceptors (Lipinski definition) is 9. The lowest BCUT2D eigenvalue weighted by molar-refractivity contribution is -0.148. The number of rotatable bonds is 10. The van der Waals surface area contributed by atoms with Crippen molar-refractivity contribution in [3.8, 4) is 0 Å². The first kappa shape index (κ1) is 25.3. The summed E-state index contributed by atoms with van der Waals surface area (Å²) >= 11 is 0. The summed E-state index contributed by atoms with van der Waals surface area (Å²) in [7, 11) is 1.55. The van der Waals surface area contributed by atoms with Crippen LogP contribution in [0.15, 0.2) is 42.5 Å². The molecule has 1 aliphatic heterocycles. The molecule has 1 saturated heterocycles. The highest BCUT2D eigenvalue weighted by molar-refractivity contribution is 5.92. The van der Waals surface area contributed by atoms with Crippen LogP contribution in [0.2, 0.25) is 0 Å². The fourth-order valence-corrected chi connectivity index (χ4v) is 3.69. The number of esters is 2. The Hall–Kier alpha value is -3.30. The second kappa shape index (κ2) is 12.2. The van der Waals surface area contributed by atoms with E-state index >= 15 is 0 Å². The molecule has 0 amide bonds. The fourth-order valence-electron chi connectivity index (χ4n) is 3.69. The van der Waals surface area contributed by atoms with Gasteiger partial charge in [0.2, 0.25) is 0 Å². The number of carbonyl (C=O) groups is 2. The van der Waals surface area contributed by atoms with Gasteiger partial charge in [-0.1, -0.05) is 6.07 Å². The number of hydrogen-bond donors (Lipinski definition) is 2. The predicted molar refractivity (Wildman–Crippen MR) is 133 cm³/mol. The molecule has 0 spiro atoms. The van der Waals surface area contributed by atoms with Crippen molar-refractivity contribution in [2.24, 2.45) is 0 Å². The van der Waals surface area contributed by atoms with Crippen LogP contribution in [0.1, 0.15) is 24.2 Å². The summed E-state index contributed by atoms with van der Waals surface area (Å²) in [5, 5.41) is 3.33. The largest absolute Gasteiger partial charge is 0.462 e. The van der Waals surface area contributed by atoms with E-state index in [9.17, 15) is 9.59 Å². The Morgan fingerprint density at radius 2 is 1.82 bits per heavy atom. The monoisotopic (exact) mass is 470 g/mol. The number of carbonyl (C=O) groups excluding carboxylic acids is 2. The van der Waals surface area contributed by atoms with Crippen LogP contribution in [-0.4, -0.2) is 76.0 Å². The Morgan fingerprint density at radius 1 is 1.06 bits per heavy atom. The number of methoxy groups -OCH3 is 1. The summed E-state index contributed by atoms with van der Waals surface area (Å²) in [5.41, 5.74) is 9.71. The zero-order valence-electron chi connectivity index (χ0n) is 20.1. The normalized spacial score (nSPS) is 14.2. The molecule has 0 aromatic heterocycles. The summed E-state index contributed by atoms with van der Waals surface area (Å²) < 4.78 is 15.3. The van der Waals surface area contributed by atoms with Crippen molar-refractivity contribution in [3.63, 3.8) is 0 Å². The third kappa shape index (κ3) is 7.36. The highest BCUT2D eigenvalue weighted by Crippen LogP contribution is 2.27. The van der Waals surface area contributed by atoms with E-state index < -0.39 is 5.97 Å². The topological polar surface area (TPSA) is 106 Å². The minimum absolute atomic E-state index is 0.0935. The molecule has 9 nitrogen and oxygen atoms in total. The average molecular weight is 471 g/mol. The van der Waals surface area contributed by atoms with E-state index in [2.05, 4.69) is 27.2 Å². The first-order valence-corrected chi connectivity index (χ1v) is 11.4. The van der Waals surface area contributed by atoms with Crippen molar-refractivity contribution in [3.05, 3.63) is 48.0 Å². The van der Waals surface area contributed by atoms with Crippen LogP contribution in [0.5, 0.6) is 0 Å². The first-order valence-electron chi connectivity index (χ1n) is 11.4. The molecule has 2 aromatic rings. The van der Waals surface area contributed by atoms with Gasteiger partial charge in [-0.2, -0.15) is 0 Å². The van der Waals surface area contributed by atoms with Crippen molar-refractivity contribution in [1.29, 1.82) is 0 Å². The molecule has 0 atom stereocenters. The van der Waals surface area contributed by atoms with E-state index in [1.807, 2.05) is 26.0 Å². The number of nitrogens with zero attached hydrogens (tertiary/aromatic N) is 2. The minimum atomic E-state index is -0.436. The van der Waals surface area contributed by atoms with E-state index in [1.165, 1.54) is 0 Å². The zero-order chi connectivity index (χ0) is 24.5. The van der Waals surface area contributed by atoms with Crippen LogP contribution >= 0.6 is 0 Å². The van der Waals surface area contributed by atoms with Crippen LogP contribution in [0.4, 0.5) is 22.7 Å². The highest BCUT2D eigenvalue weighted by Gasteiger charge is 2.20. The van der Waals surface area contributed by atoms with Crippen LogP contribution < -0.4 is 16.0 Å². The Balaban J connectivity index is 1.57. The van der Waals surface area contributed by atoms with Crippen molar-refractivity contribution >= 4 is 34.7 Å². The number of piperazine rings is 1. The molecule has 0 saturated carbocycles. The molecule has 34 heavy (non-hydrogen) atoms. The van der Waals surface area contributed by atoms with Gasteiger partial charge < -0.3 is 30.2 Å². The van der Waals surface area contributed by atoms with Crippen LogP contribution in [0, 0.1) is 0 Å². The van der Waals surface area contributed by atoms with Gasteiger partial charge in [0.15, 0.2) is 0 Å². The van der Waals surface area contributed by atoms with Crippen molar-refractivity contribution in [2.45, 2.75) is 20.0 Å². The van der Waals surface area contributed by atoms with Crippen LogP contribution in [0.25, 0.3) is 0 Å². The van der Waals surface area contributed by atoms with Crippen molar-refractivity contribution in [2.75, 3.05) is 69.0 Å². The molecule has 1 aliphatic rings. The molecule has 3 N–H and O–H groups in total. The molecule has 184 valence electrons. The summed E-state index contributed by atoms with van der Waals surface area (Å²) in [5.74, 6) is -0.615. The lowest BCUT2D eigenvalue weighted by Crippen LogP contribution is -2.48. The molecular formula is C25H34N4O5. The zero-order valence-corrected chi connectivity index (χ0v) is 20.1. The van der Waals surface area contributed by atoms with Crippen molar-refractivity contribution in [1.82, 2.24) is 4.90 Å². The second-order valence-electron chi connectivity index (χ2n) is 8.41. The summed E-state index contributed by atoms with van der Waals surface area (Å²) in [6.45, 7) is 7.80. The molecule has 3 rings (SSSR count). The SMILES string of the molecule is COCCOC(=O)c1ccc(Nc2cccc(N3CCN(CC(=O)OC(C)C)CC3)c2)c(N)c1. The van der Waals surface area contributed by atoms with E-state index in [4.69, 9.17) is 19.9 Å². The summed E-state index contributed by atoms with van der Waals surface area (Å²) in [6, 6.07) is 13.1. The van der Waals surface area contributed by atoms with Gasteiger partial charge in [0.25, 0.3) is 0 Å². The maximum atomic E-state index is 12.1. The maximum absolute atomic E-state index is 12.1. The molecule has 0 radical (unpaired) electrons. The summed E-state index contributed by atoms with van der Waals surface area (Å²) in [6.07, 6.45) is -0.0935. The van der Waals surface area contributed by atoms with Gasteiger partial charge in [-0.15, -0.1) is 0 Å². The maximum Gasteiger partial charge on any atom is 0.338 e. The number of nitrogens with one attached hydrogen (secondary N) is 1. The Morgan fingerprint density at radius 3 is 2.50 bits per heavy atom. The van der Waals surface area contributed by atoms with Gasteiger partial charge in [-0.05, 0) is 50.2 Å². The van der Waals surface area contributed by atoms with Crippen LogP contribution in [-0.2, 0) is 19.0 Å². The third-order valence-corrected chi connectivity index (χ3v) is 5.39. The number of nitrogen functional groups attached to an aromatic ring is 1. The standard InChI is InChI=1S/C25H34N4O5/c1-18(2)34-24(30)17-28-9-11-29(12-10-28)21-6-4-5-20(16-21)27-23-8-7-19(15-22(23)26)25(31)33-14-13-32-3/h4-8,15-16,18,27H,9-14,17,26H2,1-3H3. The molecule has 9 heteroatoms. The molecule has 1 fully saturated rings. The highest BCUT2D eigenvalue weighted by atomic mass is 16.6. The number of ether oxygens (including phenoxy) is 3. The molecule has 2 aromatic carbocycles. The molecule has 0 aliphatic carbocycles. The number of benzene rings is 2. The van der Waals surface area contributed by atoms with Gasteiger partial charge in [-0.3, -0.25) is 9.69 Å². The third-order valence-electron chi connectivity index (χ3n) is 5.39. The van der Waals surface area contributed by atoms with E-state index in [0.717, 1.165) is 37.6 Å². The minimum Gasteiger partial charge on any atom is -0.462 e. The molecular weight excluding hydrogens is 436 g/mol. The van der Waals surface area contributed by atoms with E-state index in [-0.39, 0.29) is 18.7 Å². The molecule has 0 bridgehead atoms. The first-order chi connectivity index (χ1) is 16.4. The van der Waals surface area contributed by atoms with Gasteiger partial charge in [0.1, 0.15) is 6.61 Å². The Labute approximate surface area is 200 Å². The van der Waals surface area contributed by atoms with Crippen LogP contribution in [0.3, 0.4) is 0 Å². The summed E-state index contributed by atoms with van der Waals surface area (Å²) in [4.78, 5) is 28.4. The average Bonchev–Trinajstić information content (AvgIpc) is 2.80. The Kier molecular flexibility index (Phi) is 9.12. The second-order valence-corrected chi connectivity index (χ2v) is 8.41. The van der Waals surface area contributed by atoms with Gasteiger partial charge in [-0.25, -0.2) is 4.79 Å². The molecule has 1 heterocycles. The van der Waals surface area contributed by atoms with Crippen molar-refractivity contribution < 1.29 is 23.8 Å².